The highest BCUT2D eigenvalue weighted by Gasteiger charge is 2.18. The van der Waals surface area contributed by atoms with Gasteiger partial charge in [-0.1, -0.05) is 32.0 Å². The first kappa shape index (κ1) is 14.2. The Morgan fingerprint density at radius 3 is 1.71 bits per heavy atom. The zero-order valence-corrected chi connectivity index (χ0v) is 11.5. The van der Waals surface area contributed by atoms with Crippen LogP contribution in [0.15, 0.2) is 18.2 Å². The molecular weight excluding hydrogens is 212 g/mol. The van der Waals surface area contributed by atoms with Gasteiger partial charge in [-0.2, -0.15) is 0 Å². The number of benzene rings is 1. The minimum atomic E-state index is -0.212. The number of aryl methyl sites for hydroxylation is 2. The quantitative estimate of drug-likeness (QED) is 0.669. The Morgan fingerprint density at radius 1 is 0.882 bits per heavy atom. The molecule has 2 nitrogen and oxygen atoms in total. The van der Waals surface area contributed by atoms with Crippen LogP contribution in [0.5, 0.6) is 0 Å². The predicted octanol–water partition coefficient (Wildman–Crippen LogP) is 3.88. The Bertz CT molecular complexity index is 305. The second-order valence-corrected chi connectivity index (χ2v) is 3.94. The highest BCUT2D eigenvalue weighted by molar-refractivity contribution is 5.36. The van der Waals surface area contributed by atoms with Gasteiger partial charge in [-0.05, 0) is 37.8 Å². The Labute approximate surface area is 105 Å². The summed E-state index contributed by atoms with van der Waals surface area (Å²) in [4.78, 5) is 0. The highest BCUT2D eigenvalue weighted by Crippen LogP contribution is 2.27. The number of ether oxygens (including phenoxy) is 2. The molecule has 0 saturated heterocycles. The van der Waals surface area contributed by atoms with Gasteiger partial charge in [0.15, 0.2) is 6.29 Å². The third-order valence-corrected chi connectivity index (χ3v) is 2.92. The molecule has 0 unspecified atom stereocenters. The molecule has 0 aliphatic rings. The molecule has 1 rings (SSSR count). The van der Waals surface area contributed by atoms with Crippen LogP contribution >= 0.6 is 0 Å². The molecule has 0 saturated carbocycles. The van der Waals surface area contributed by atoms with E-state index in [-0.39, 0.29) is 6.29 Å². The van der Waals surface area contributed by atoms with Crippen molar-refractivity contribution in [2.24, 2.45) is 0 Å². The maximum atomic E-state index is 5.73. The van der Waals surface area contributed by atoms with Crippen molar-refractivity contribution in [2.75, 3.05) is 13.2 Å². The van der Waals surface area contributed by atoms with Crippen LogP contribution < -0.4 is 0 Å². The van der Waals surface area contributed by atoms with E-state index in [0.29, 0.717) is 13.2 Å². The molecule has 1 aromatic rings. The van der Waals surface area contributed by atoms with Crippen LogP contribution in [0.25, 0.3) is 0 Å². The summed E-state index contributed by atoms with van der Waals surface area (Å²) in [6.45, 7) is 9.70. The van der Waals surface area contributed by atoms with E-state index >= 15 is 0 Å². The van der Waals surface area contributed by atoms with Crippen LogP contribution in [0.1, 0.15) is 50.7 Å². The van der Waals surface area contributed by atoms with Crippen molar-refractivity contribution in [1.29, 1.82) is 0 Å². The largest absolute Gasteiger partial charge is 0.349 e. The second-order valence-electron chi connectivity index (χ2n) is 3.94. The van der Waals surface area contributed by atoms with Gasteiger partial charge in [0.1, 0.15) is 0 Å². The molecule has 96 valence electrons. The Morgan fingerprint density at radius 2 is 1.35 bits per heavy atom. The molecule has 0 heterocycles. The summed E-state index contributed by atoms with van der Waals surface area (Å²) >= 11 is 0. The van der Waals surface area contributed by atoms with Crippen molar-refractivity contribution in [3.05, 3.63) is 34.9 Å². The zero-order valence-electron chi connectivity index (χ0n) is 11.5. The Hall–Kier alpha value is -0.860. The lowest BCUT2D eigenvalue weighted by Crippen LogP contribution is -2.13. The highest BCUT2D eigenvalue weighted by atomic mass is 16.7. The van der Waals surface area contributed by atoms with Crippen LogP contribution in [-0.2, 0) is 22.3 Å². The van der Waals surface area contributed by atoms with Crippen molar-refractivity contribution in [2.45, 2.75) is 46.8 Å². The van der Waals surface area contributed by atoms with E-state index in [9.17, 15) is 0 Å². The summed E-state index contributed by atoms with van der Waals surface area (Å²) in [6, 6.07) is 6.45. The van der Waals surface area contributed by atoms with Gasteiger partial charge in [0.25, 0.3) is 0 Å². The van der Waals surface area contributed by atoms with E-state index in [4.69, 9.17) is 9.47 Å². The van der Waals surface area contributed by atoms with Gasteiger partial charge < -0.3 is 9.47 Å². The van der Waals surface area contributed by atoms with E-state index in [1.54, 1.807) is 0 Å². The van der Waals surface area contributed by atoms with Crippen LogP contribution in [0.2, 0.25) is 0 Å². The summed E-state index contributed by atoms with van der Waals surface area (Å²) in [5, 5.41) is 0. The molecule has 1 aromatic carbocycles. The van der Waals surface area contributed by atoms with E-state index in [1.807, 2.05) is 13.8 Å². The molecule has 0 N–H and O–H groups in total. The minimum absolute atomic E-state index is 0.212. The molecule has 0 spiro atoms. The molecular formula is C15H24O2. The van der Waals surface area contributed by atoms with Gasteiger partial charge in [0, 0.05) is 18.8 Å². The zero-order chi connectivity index (χ0) is 12.7. The fraction of sp³-hybridized carbons (Fsp3) is 0.600. The first-order valence-corrected chi connectivity index (χ1v) is 6.62. The fourth-order valence-electron chi connectivity index (χ4n) is 2.10. The average molecular weight is 236 g/mol. The average Bonchev–Trinajstić information content (AvgIpc) is 2.37. The fourth-order valence-corrected chi connectivity index (χ4v) is 2.10. The molecule has 0 aliphatic carbocycles. The Balaban J connectivity index is 3.12. The molecule has 0 radical (unpaired) electrons. The van der Waals surface area contributed by atoms with E-state index in [1.165, 1.54) is 16.7 Å². The van der Waals surface area contributed by atoms with Crippen molar-refractivity contribution in [3.63, 3.8) is 0 Å². The summed E-state index contributed by atoms with van der Waals surface area (Å²) in [5.41, 5.74) is 3.90. The smallest absolute Gasteiger partial charge is 0.184 e. The van der Waals surface area contributed by atoms with Crippen molar-refractivity contribution in [3.8, 4) is 0 Å². The lowest BCUT2D eigenvalue weighted by molar-refractivity contribution is -0.141. The molecule has 2 heteroatoms. The monoisotopic (exact) mass is 236 g/mol. The number of hydrogen-bond donors (Lipinski definition) is 0. The summed E-state index contributed by atoms with van der Waals surface area (Å²) in [7, 11) is 0. The SMILES string of the molecule is CCOC(OCC)c1c(CC)cccc1CC. The molecule has 0 fully saturated rings. The lowest BCUT2D eigenvalue weighted by Gasteiger charge is -2.22. The second kappa shape index (κ2) is 7.46. The van der Waals surface area contributed by atoms with Crippen LogP contribution in [0.3, 0.4) is 0 Å². The van der Waals surface area contributed by atoms with E-state index in [2.05, 4.69) is 32.0 Å². The van der Waals surface area contributed by atoms with Crippen LogP contribution in [0, 0.1) is 0 Å². The van der Waals surface area contributed by atoms with Gasteiger partial charge >= 0.3 is 0 Å². The third kappa shape index (κ3) is 3.55. The topological polar surface area (TPSA) is 18.5 Å². The molecule has 0 atom stereocenters. The van der Waals surface area contributed by atoms with Gasteiger partial charge in [-0.25, -0.2) is 0 Å². The van der Waals surface area contributed by atoms with Gasteiger partial charge in [-0.15, -0.1) is 0 Å². The first-order chi connectivity index (χ1) is 8.28. The van der Waals surface area contributed by atoms with Crippen molar-refractivity contribution < 1.29 is 9.47 Å². The van der Waals surface area contributed by atoms with Gasteiger partial charge in [0.05, 0.1) is 0 Å². The lowest BCUT2D eigenvalue weighted by atomic mass is 9.97. The summed E-state index contributed by atoms with van der Waals surface area (Å²) in [5.74, 6) is 0. The minimum Gasteiger partial charge on any atom is -0.349 e. The predicted molar refractivity (Wildman–Crippen MR) is 71.2 cm³/mol. The van der Waals surface area contributed by atoms with Crippen molar-refractivity contribution >= 4 is 0 Å². The normalized spacial score (nSPS) is 11.1. The summed E-state index contributed by atoms with van der Waals surface area (Å²) in [6.07, 6.45) is 1.82. The first-order valence-electron chi connectivity index (χ1n) is 6.62. The van der Waals surface area contributed by atoms with E-state index < -0.39 is 0 Å². The maximum Gasteiger partial charge on any atom is 0.184 e. The molecule has 0 aliphatic heterocycles. The number of rotatable bonds is 7. The molecule has 0 bridgehead atoms. The van der Waals surface area contributed by atoms with Crippen molar-refractivity contribution in [1.82, 2.24) is 0 Å². The molecule has 0 amide bonds. The Kier molecular flexibility index (Phi) is 6.23. The van der Waals surface area contributed by atoms with Gasteiger partial charge in [-0.3, -0.25) is 0 Å². The third-order valence-electron chi connectivity index (χ3n) is 2.92. The molecule has 17 heavy (non-hydrogen) atoms. The van der Waals surface area contributed by atoms with Crippen LogP contribution in [-0.4, -0.2) is 13.2 Å². The summed E-state index contributed by atoms with van der Waals surface area (Å²) < 4.78 is 11.5. The molecule has 0 aromatic heterocycles. The maximum absolute atomic E-state index is 5.73. The van der Waals surface area contributed by atoms with E-state index in [0.717, 1.165) is 12.8 Å². The standard InChI is InChI=1S/C15H24O2/c1-5-12-10-9-11-13(6-2)14(12)15(16-7-3)17-8-4/h9-11,15H,5-8H2,1-4H3. The number of hydrogen-bond acceptors (Lipinski definition) is 2. The van der Waals surface area contributed by atoms with Gasteiger partial charge in [0.2, 0.25) is 0 Å². The van der Waals surface area contributed by atoms with Crippen LogP contribution in [0.4, 0.5) is 0 Å².